The summed E-state index contributed by atoms with van der Waals surface area (Å²) in [5, 5.41) is 8.17. The second-order valence-corrected chi connectivity index (χ2v) is 10.9. The summed E-state index contributed by atoms with van der Waals surface area (Å²) in [6.45, 7) is 1.80. The summed E-state index contributed by atoms with van der Waals surface area (Å²) in [6, 6.07) is 12.4. The van der Waals surface area contributed by atoms with Gasteiger partial charge in [-0.3, -0.25) is 4.79 Å². The number of benzene rings is 1. The Bertz CT molecular complexity index is 1470. The number of aryl methyl sites for hydroxylation is 1. The van der Waals surface area contributed by atoms with Crippen molar-refractivity contribution in [3.05, 3.63) is 60.0 Å². The summed E-state index contributed by atoms with van der Waals surface area (Å²) in [5.74, 6) is 0.331. The van der Waals surface area contributed by atoms with Gasteiger partial charge in [-0.25, -0.2) is 18.1 Å². The van der Waals surface area contributed by atoms with Crippen LogP contribution >= 0.6 is 0 Å². The van der Waals surface area contributed by atoms with Gasteiger partial charge < -0.3 is 14.6 Å². The molecule has 1 aliphatic heterocycles. The van der Waals surface area contributed by atoms with Crippen LogP contribution in [-0.4, -0.2) is 54.7 Å². The topological polar surface area (TPSA) is 110 Å². The van der Waals surface area contributed by atoms with E-state index in [1.54, 1.807) is 36.1 Å². The lowest BCUT2D eigenvalue weighted by atomic mass is 10.1. The molecule has 1 N–H and O–H groups in total. The molecule has 1 amide bonds. The lowest BCUT2D eigenvalue weighted by Gasteiger charge is -2.14. The van der Waals surface area contributed by atoms with Gasteiger partial charge in [0, 0.05) is 25.5 Å². The standard InChI is InChI=1S/C24H25N5O4S/c1-15-22-19(24(30)25-16-6-8-17(9-7-16)28(2)3)13-20(21-5-4-11-33-21)26-23(22)29(27-15)18-10-12-34(31,32)14-18/h4-9,11,13,18H,10,12,14H2,1-3H3,(H,25,30). The number of sulfone groups is 1. The number of rotatable bonds is 5. The Balaban J connectivity index is 1.61. The molecule has 34 heavy (non-hydrogen) atoms. The van der Waals surface area contributed by atoms with Gasteiger partial charge in [0.25, 0.3) is 5.91 Å². The highest BCUT2D eigenvalue weighted by atomic mass is 32.2. The smallest absolute Gasteiger partial charge is 0.256 e. The summed E-state index contributed by atoms with van der Waals surface area (Å²) < 4.78 is 31.4. The Hall–Kier alpha value is -3.66. The van der Waals surface area contributed by atoms with E-state index in [0.29, 0.717) is 45.9 Å². The van der Waals surface area contributed by atoms with Crippen molar-refractivity contribution in [2.75, 3.05) is 35.8 Å². The van der Waals surface area contributed by atoms with Gasteiger partial charge in [0.2, 0.25) is 0 Å². The van der Waals surface area contributed by atoms with E-state index in [-0.39, 0.29) is 23.5 Å². The third kappa shape index (κ3) is 4.05. The van der Waals surface area contributed by atoms with Crippen LogP contribution in [0.2, 0.25) is 0 Å². The molecule has 5 rings (SSSR count). The highest BCUT2D eigenvalue weighted by molar-refractivity contribution is 7.91. The molecule has 3 aromatic heterocycles. The normalized spacial score (nSPS) is 17.2. The van der Waals surface area contributed by atoms with E-state index in [4.69, 9.17) is 9.40 Å². The largest absolute Gasteiger partial charge is 0.463 e. The molecule has 4 heterocycles. The second kappa shape index (κ2) is 8.28. The summed E-state index contributed by atoms with van der Waals surface area (Å²) in [5.41, 5.74) is 3.65. The average molecular weight is 480 g/mol. The van der Waals surface area contributed by atoms with Crippen molar-refractivity contribution in [2.45, 2.75) is 19.4 Å². The van der Waals surface area contributed by atoms with Gasteiger partial charge in [-0.2, -0.15) is 5.10 Å². The molecule has 1 aliphatic rings. The molecule has 1 saturated heterocycles. The quantitative estimate of drug-likeness (QED) is 0.465. The lowest BCUT2D eigenvalue weighted by molar-refractivity contribution is 0.102. The summed E-state index contributed by atoms with van der Waals surface area (Å²) >= 11 is 0. The van der Waals surface area contributed by atoms with Gasteiger partial charge in [-0.05, 0) is 55.8 Å². The molecule has 1 unspecified atom stereocenters. The van der Waals surface area contributed by atoms with E-state index in [1.807, 2.05) is 43.3 Å². The Morgan fingerprint density at radius 1 is 1.21 bits per heavy atom. The molecule has 0 radical (unpaired) electrons. The Morgan fingerprint density at radius 3 is 2.59 bits per heavy atom. The first-order valence-corrected chi connectivity index (χ1v) is 12.8. The number of nitrogens with zero attached hydrogens (tertiary/aromatic N) is 4. The van der Waals surface area contributed by atoms with Crippen LogP contribution in [-0.2, 0) is 9.84 Å². The molecular formula is C24H25N5O4S. The van der Waals surface area contributed by atoms with Crippen LogP contribution < -0.4 is 10.2 Å². The minimum Gasteiger partial charge on any atom is -0.463 e. The SMILES string of the molecule is Cc1nn(C2CCS(=O)(=O)C2)c2nc(-c3ccco3)cc(C(=O)Nc3ccc(N(C)C)cc3)c12. The van der Waals surface area contributed by atoms with Gasteiger partial charge >= 0.3 is 0 Å². The highest BCUT2D eigenvalue weighted by Crippen LogP contribution is 2.32. The number of carbonyl (C=O) groups is 1. The van der Waals surface area contributed by atoms with Crippen molar-refractivity contribution >= 4 is 38.2 Å². The Labute approximate surface area is 197 Å². The number of carbonyl (C=O) groups excluding carboxylic acids is 1. The van der Waals surface area contributed by atoms with Gasteiger partial charge in [0.05, 0.1) is 40.5 Å². The lowest BCUT2D eigenvalue weighted by Crippen LogP contribution is -2.15. The van der Waals surface area contributed by atoms with Crippen LogP contribution in [0.25, 0.3) is 22.5 Å². The van der Waals surface area contributed by atoms with Crippen LogP contribution in [0.5, 0.6) is 0 Å². The number of hydrogen-bond acceptors (Lipinski definition) is 7. The molecule has 9 nitrogen and oxygen atoms in total. The van der Waals surface area contributed by atoms with Crippen molar-refractivity contribution in [1.29, 1.82) is 0 Å². The predicted molar refractivity (Wildman–Crippen MR) is 131 cm³/mol. The van der Waals surface area contributed by atoms with E-state index in [1.165, 1.54) is 0 Å². The Morgan fingerprint density at radius 2 is 1.97 bits per heavy atom. The van der Waals surface area contributed by atoms with Gasteiger partial charge in [-0.1, -0.05) is 0 Å². The van der Waals surface area contributed by atoms with E-state index < -0.39 is 9.84 Å². The summed E-state index contributed by atoms with van der Waals surface area (Å²) in [6.07, 6.45) is 2.00. The maximum Gasteiger partial charge on any atom is 0.256 e. The fraction of sp³-hybridized carbons (Fsp3) is 0.292. The fourth-order valence-corrected chi connectivity index (χ4v) is 6.00. The zero-order chi connectivity index (χ0) is 24.0. The number of nitrogens with one attached hydrogen (secondary N) is 1. The molecule has 0 saturated carbocycles. The summed E-state index contributed by atoms with van der Waals surface area (Å²) in [4.78, 5) is 20.2. The fourth-order valence-electron chi connectivity index (χ4n) is 4.31. The number of amides is 1. The average Bonchev–Trinajstić information content (AvgIpc) is 3.53. The first-order valence-electron chi connectivity index (χ1n) is 10.9. The zero-order valence-corrected chi connectivity index (χ0v) is 20.0. The van der Waals surface area contributed by atoms with E-state index in [9.17, 15) is 13.2 Å². The molecule has 1 fully saturated rings. The molecule has 0 aliphatic carbocycles. The van der Waals surface area contributed by atoms with Crippen molar-refractivity contribution in [1.82, 2.24) is 14.8 Å². The van der Waals surface area contributed by atoms with E-state index >= 15 is 0 Å². The monoisotopic (exact) mass is 479 g/mol. The Kier molecular flexibility index (Phi) is 5.40. The van der Waals surface area contributed by atoms with Crippen molar-refractivity contribution in [3.8, 4) is 11.5 Å². The third-order valence-corrected chi connectivity index (χ3v) is 7.80. The summed E-state index contributed by atoms with van der Waals surface area (Å²) in [7, 11) is 0.781. The van der Waals surface area contributed by atoms with Gasteiger partial charge in [0.1, 0.15) is 5.69 Å². The second-order valence-electron chi connectivity index (χ2n) is 8.71. The molecule has 176 valence electrons. The number of aromatic nitrogens is 3. The van der Waals surface area contributed by atoms with Crippen molar-refractivity contribution in [2.24, 2.45) is 0 Å². The van der Waals surface area contributed by atoms with Crippen LogP contribution in [0.3, 0.4) is 0 Å². The van der Waals surface area contributed by atoms with Crippen molar-refractivity contribution < 1.29 is 17.6 Å². The first kappa shape index (κ1) is 22.1. The number of anilines is 2. The molecular weight excluding hydrogens is 454 g/mol. The van der Waals surface area contributed by atoms with Gasteiger partial charge in [0.15, 0.2) is 21.2 Å². The highest BCUT2D eigenvalue weighted by Gasteiger charge is 2.32. The maximum atomic E-state index is 13.4. The predicted octanol–water partition coefficient (Wildman–Crippen LogP) is 3.68. The molecule has 1 aromatic carbocycles. The minimum absolute atomic E-state index is 0.00956. The number of fused-ring (bicyclic) bond motifs is 1. The van der Waals surface area contributed by atoms with Crippen LogP contribution in [0.1, 0.15) is 28.5 Å². The van der Waals surface area contributed by atoms with Crippen molar-refractivity contribution in [3.63, 3.8) is 0 Å². The van der Waals surface area contributed by atoms with E-state index in [0.717, 1.165) is 5.69 Å². The molecule has 4 aromatic rings. The molecule has 1 atom stereocenters. The molecule has 0 bridgehead atoms. The van der Waals surface area contributed by atoms with Crippen LogP contribution in [0, 0.1) is 6.92 Å². The van der Waals surface area contributed by atoms with E-state index in [2.05, 4.69) is 10.4 Å². The number of furan rings is 1. The first-order chi connectivity index (χ1) is 16.2. The number of pyridine rings is 1. The van der Waals surface area contributed by atoms with Crippen LogP contribution in [0.15, 0.2) is 53.1 Å². The van der Waals surface area contributed by atoms with Crippen LogP contribution in [0.4, 0.5) is 11.4 Å². The maximum absolute atomic E-state index is 13.4. The number of hydrogen-bond donors (Lipinski definition) is 1. The third-order valence-electron chi connectivity index (χ3n) is 6.05. The molecule has 10 heteroatoms. The molecule has 0 spiro atoms. The van der Waals surface area contributed by atoms with Gasteiger partial charge in [-0.15, -0.1) is 0 Å². The minimum atomic E-state index is -3.12. The zero-order valence-electron chi connectivity index (χ0n) is 19.1.